The summed E-state index contributed by atoms with van der Waals surface area (Å²) in [7, 11) is 1.36. The largest absolute Gasteiger partial charge is 0.492 e. The quantitative estimate of drug-likeness (QED) is 0.475. The van der Waals surface area contributed by atoms with Gasteiger partial charge in [0, 0.05) is 37.2 Å². The second-order valence-electron chi connectivity index (χ2n) is 10.6. The summed E-state index contributed by atoms with van der Waals surface area (Å²) in [6.45, 7) is 6.20. The number of esters is 1. The van der Waals surface area contributed by atoms with Crippen molar-refractivity contribution in [2.45, 2.75) is 63.5 Å². The maximum atomic E-state index is 14.0. The van der Waals surface area contributed by atoms with Crippen molar-refractivity contribution in [3.63, 3.8) is 0 Å². The Morgan fingerprint density at radius 2 is 1.97 bits per heavy atom. The van der Waals surface area contributed by atoms with Crippen molar-refractivity contribution in [1.29, 1.82) is 0 Å². The number of hydrogen-bond acceptors (Lipinski definition) is 6. The molecule has 37 heavy (non-hydrogen) atoms. The maximum absolute atomic E-state index is 14.0. The monoisotopic (exact) mass is 519 g/mol. The third kappa shape index (κ3) is 5.43. The molecule has 0 N–H and O–H groups in total. The van der Waals surface area contributed by atoms with Gasteiger partial charge in [0.15, 0.2) is 0 Å². The molecule has 0 saturated carbocycles. The van der Waals surface area contributed by atoms with Crippen LogP contribution in [-0.4, -0.2) is 49.9 Å². The molecule has 2 aliphatic heterocycles. The van der Waals surface area contributed by atoms with Crippen molar-refractivity contribution in [3.05, 3.63) is 58.1 Å². The average molecular weight is 520 g/mol. The highest BCUT2D eigenvalue weighted by Crippen LogP contribution is 2.44. The zero-order chi connectivity index (χ0) is 26.4. The average Bonchev–Trinajstić information content (AvgIpc) is 3.42. The van der Waals surface area contributed by atoms with E-state index in [-0.39, 0.29) is 31.0 Å². The molecule has 2 aromatic carbocycles. The zero-order valence-corrected chi connectivity index (χ0v) is 21.3. The summed E-state index contributed by atoms with van der Waals surface area (Å²) >= 11 is 0. The minimum atomic E-state index is -4.43. The lowest BCUT2D eigenvalue weighted by atomic mass is 9.95. The molecular formula is C28H32F3NO5. The minimum Gasteiger partial charge on any atom is -0.492 e. The van der Waals surface area contributed by atoms with Gasteiger partial charge in [-0.15, -0.1) is 0 Å². The number of halogens is 3. The number of benzene rings is 2. The fraction of sp³-hybridized carbons (Fsp3) is 0.536. The van der Waals surface area contributed by atoms with E-state index in [1.54, 1.807) is 12.1 Å². The van der Waals surface area contributed by atoms with Crippen LogP contribution in [0.1, 0.15) is 66.5 Å². The molecule has 0 aromatic heterocycles. The van der Waals surface area contributed by atoms with Crippen LogP contribution in [0.5, 0.6) is 11.5 Å². The van der Waals surface area contributed by atoms with Gasteiger partial charge in [-0.1, -0.05) is 12.1 Å². The second kappa shape index (κ2) is 9.83. The number of nitrogens with zero attached hydrogens (tertiary/aromatic N) is 1. The van der Waals surface area contributed by atoms with Crippen molar-refractivity contribution < 1.29 is 36.9 Å². The molecule has 1 fully saturated rings. The lowest BCUT2D eigenvalue weighted by molar-refractivity contribution is -0.141. The molecular weight excluding hydrogens is 487 g/mol. The Morgan fingerprint density at radius 1 is 1.19 bits per heavy atom. The van der Waals surface area contributed by atoms with Crippen molar-refractivity contribution in [2.24, 2.45) is 0 Å². The Kier molecular flexibility index (Phi) is 6.87. The Morgan fingerprint density at radius 3 is 2.70 bits per heavy atom. The predicted octanol–water partition coefficient (Wildman–Crippen LogP) is 5.42. The van der Waals surface area contributed by atoms with Gasteiger partial charge in [0.05, 0.1) is 37.9 Å². The third-order valence-corrected chi connectivity index (χ3v) is 7.45. The number of methoxy groups -OCH3 is 1. The number of fused-ring (bicyclic) bond motifs is 2. The van der Waals surface area contributed by atoms with E-state index in [1.165, 1.54) is 13.2 Å². The first kappa shape index (κ1) is 25.9. The smallest absolute Gasteiger partial charge is 0.416 e. The lowest BCUT2D eigenvalue weighted by Crippen LogP contribution is -2.48. The molecule has 2 atom stereocenters. The van der Waals surface area contributed by atoms with Crippen molar-refractivity contribution in [1.82, 2.24) is 4.90 Å². The Balaban J connectivity index is 1.38. The second-order valence-corrected chi connectivity index (χ2v) is 10.6. The molecule has 0 bridgehead atoms. The fourth-order valence-electron chi connectivity index (χ4n) is 5.73. The van der Waals surface area contributed by atoms with Gasteiger partial charge in [-0.3, -0.25) is 9.69 Å². The van der Waals surface area contributed by atoms with Gasteiger partial charge >= 0.3 is 12.1 Å². The Hall–Kier alpha value is -2.78. The maximum Gasteiger partial charge on any atom is 0.416 e. The van der Waals surface area contributed by atoms with Crippen LogP contribution < -0.4 is 9.47 Å². The van der Waals surface area contributed by atoms with Crippen molar-refractivity contribution in [3.8, 4) is 11.5 Å². The molecule has 200 valence electrons. The minimum absolute atomic E-state index is 0.0720. The number of morpholine rings is 1. The molecule has 3 aliphatic rings. The molecule has 0 amide bonds. The topological polar surface area (TPSA) is 57.2 Å². The standard InChI is InChI=1S/C28H32F3NO5/c1-27(2)16-32(10-11-36-27)14-22-20-7-9-24(21(20)6-8-23(22)28(29,30)31)37-18-4-5-19-17(12-26(33)34-3)15-35-25(19)13-18/h4-6,8,13,17,24H,7,9-12,14-16H2,1-3H3/t17?,24-/m1/s1. The number of ether oxygens (including phenoxy) is 4. The normalized spacial score (nSPS) is 22.8. The van der Waals surface area contributed by atoms with E-state index in [0.717, 1.165) is 16.7 Å². The van der Waals surface area contributed by atoms with Crippen molar-refractivity contribution in [2.75, 3.05) is 33.4 Å². The van der Waals surface area contributed by atoms with Crippen LogP contribution in [0.4, 0.5) is 13.2 Å². The van der Waals surface area contributed by atoms with E-state index in [9.17, 15) is 18.0 Å². The van der Waals surface area contributed by atoms with Gasteiger partial charge in [-0.2, -0.15) is 13.2 Å². The van der Waals surface area contributed by atoms with Crippen LogP contribution in [0.15, 0.2) is 30.3 Å². The van der Waals surface area contributed by atoms with Crippen LogP contribution in [0, 0.1) is 0 Å². The number of hydrogen-bond donors (Lipinski definition) is 0. The van der Waals surface area contributed by atoms with E-state index in [2.05, 4.69) is 0 Å². The van der Waals surface area contributed by atoms with Gasteiger partial charge in [-0.05, 0) is 55.5 Å². The molecule has 2 aromatic rings. The van der Waals surface area contributed by atoms with E-state index in [0.29, 0.717) is 56.2 Å². The molecule has 1 unspecified atom stereocenters. The third-order valence-electron chi connectivity index (χ3n) is 7.45. The van der Waals surface area contributed by atoms with E-state index in [4.69, 9.17) is 18.9 Å². The van der Waals surface area contributed by atoms with Crippen molar-refractivity contribution >= 4 is 5.97 Å². The van der Waals surface area contributed by atoms with E-state index < -0.39 is 17.3 Å². The highest BCUT2D eigenvalue weighted by atomic mass is 19.4. The number of alkyl halides is 3. The molecule has 9 heteroatoms. The molecule has 1 saturated heterocycles. The first-order chi connectivity index (χ1) is 17.5. The molecule has 1 aliphatic carbocycles. The van der Waals surface area contributed by atoms with Gasteiger partial charge in [-0.25, -0.2) is 0 Å². The number of carbonyl (C=O) groups is 1. The molecule has 2 heterocycles. The van der Waals surface area contributed by atoms with Gasteiger partial charge < -0.3 is 18.9 Å². The Bertz CT molecular complexity index is 1180. The summed E-state index contributed by atoms with van der Waals surface area (Å²) in [6, 6.07) is 8.28. The summed E-state index contributed by atoms with van der Waals surface area (Å²) in [5.41, 5.74) is 1.84. The molecule has 5 rings (SSSR count). The van der Waals surface area contributed by atoms with Crippen LogP contribution in [0.2, 0.25) is 0 Å². The molecule has 6 nitrogen and oxygen atoms in total. The zero-order valence-electron chi connectivity index (χ0n) is 21.3. The summed E-state index contributed by atoms with van der Waals surface area (Å²) in [5.74, 6) is 0.885. The first-order valence-corrected chi connectivity index (χ1v) is 12.6. The van der Waals surface area contributed by atoms with E-state index >= 15 is 0 Å². The predicted molar refractivity (Wildman–Crippen MR) is 130 cm³/mol. The summed E-state index contributed by atoms with van der Waals surface area (Å²) in [4.78, 5) is 13.7. The lowest BCUT2D eigenvalue weighted by Gasteiger charge is -2.38. The van der Waals surface area contributed by atoms with Crippen LogP contribution >= 0.6 is 0 Å². The highest BCUT2D eigenvalue weighted by Gasteiger charge is 2.39. The van der Waals surface area contributed by atoms with Crippen LogP contribution in [0.3, 0.4) is 0 Å². The van der Waals surface area contributed by atoms with Gasteiger partial charge in [0.1, 0.15) is 17.6 Å². The van der Waals surface area contributed by atoms with Gasteiger partial charge in [0.25, 0.3) is 0 Å². The van der Waals surface area contributed by atoms with Gasteiger partial charge in [0.2, 0.25) is 0 Å². The summed E-state index contributed by atoms with van der Waals surface area (Å²) in [6.07, 6.45) is -3.41. The SMILES string of the molecule is COC(=O)CC1COc2cc(O[C@@H]3CCc4c3ccc(C(F)(F)F)c4CN3CCOC(C)(C)C3)ccc21. The highest BCUT2D eigenvalue weighted by molar-refractivity contribution is 5.71. The first-order valence-electron chi connectivity index (χ1n) is 12.6. The van der Waals surface area contributed by atoms with Crippen LogP contribution in [0.25, 0.3) is 0 Å². The van der Waals surface area contributed by atoms with E-state index in [1.807, 2.05) is 30.9 Å². The molecule has 0 spiro atoms. The number of carbonyl (C=O) groups excluding carboxylic acids is 1. The summed E-state index contributed by atoms with van der Waals surface area (Å²) < 4.78 is 64.6. The molecule has 0 radical (unpaired) electrons. The number of rotatable bonds is 6. The fourth-order valence-corrected chi connectivity index (χ4v) is 5.73. The summed E-state index contributed by atoms with van der Waals surface area (Å²) in [5, 5.41) is 0. The van der Waals surface area contributed by atoms with Crippen LogP contribution in [-0.2, 0) is 33.4 Å². The Labute approximate surface area is 214 Å².